The Kier molecular flexibility index (Phi) is 2.34. The smallest absolute Gasteiger partial charge is 0.0978 e. The molecule has 1 heterocycles. The van der Waals surface area contributed by atoms with Gasteiger partial charge in [-0.1, -0.05) is 0 Å². The molecule has 1 aromatic heterocycles. The Bertz CT molecular complexity index is 219. The highest BCUT2D eigenvalue weighted by Gasteiger charge is 2.03. The lowest BCUT2D eigenvalue weighted by Gasteiger charge is -1.98. The molecule has 0 radical (unpaired) electrons. The summed E-state index contributed by atoms with van der Waals surface area (Å²) in [5.41, 5.74) is 6.59. The van der Waals surface area contributed by atoms with Crippen LogP contribution in [0.1, 0.15) is 5.56 Å². The molecular formula is C6H11N3S. The molecule has 4 heteroatoms. The average Bonchev–Trinajstić information content (AvgIpc) is 2.30. The number of nitrogens with zero attached hydrogens (tertiary/aromatic N) is 2. The van der Waals surface area contributed by atoms with Gasteiger partial charge in [-0.25, -0.2) is 0 Å². The van der Waals surface area contributed by atoms with Gasteiger partial charge in [-0.05, 0) is 6.26 Å². The number of hydrogen-bond acceptors (Lipinski definition) is 3. The van der Waals surface area contributed by atoms with E-state index >= 15 is 0 Å². The van der Waals surface area contributed by atoms with Crippen molar-refractivity contribution in [3.8, 4) is 0 Å². The number of hydrogen-bond donors (Lipinski definition) is 1. The number of thioether (sulfide) groups is 1. The van der Waals surface area contributed by atoms with Gasteiger partial charge >= 0.3 is 0 Å². The van der Waals surface area contributed by atoms with Gasteiger partial charge in [-0.15, -0.1) is 11.8 Å². The van der Waals surface area contributed by atoms with Crippen LogP contribution in [0.4, 0.5) is 0 Å². The number of nitrogens with two attached hydrogens (primary N) is 1. The third-order valence-corrected chi connectivity index (χ3v) is 2.28. The van der Waals surface area contributed by atoms with Crippen LogP contribution in [-0.4, -0.2) is 16.0 Å². The van der Waals surface area contributed by atoms with Crippen LogP contribution in [0.3, 0.4) is 0 Å². The van der Waals surface area contributed by atoms with Gasteiger partial charge in [0, 0.05) is 19.2 Å². The summed E-state index contributed by atoms with van der Waals surface area (Å²) in [7, 11) is 1.92. The molecular weight excluding hydrogens is 146 g/mol. The van der Waals surface area contributed by atoms with Crippen LogP contribution in [0.2, 0.25) is 0 Å². The highest BCUT2D eigenvalue weighted by atomic mass is 32.2. The molecule has 0 fully saturated rings. The summed E-state index contributed by atoms with van der Waals surface area (Å²) in [6.07, 6.45) is 3.84. The summed E-state index contributed by atoms with van der Waals surface area (Å²) < 4.78 is 1.84. The maximum Gasteiger partial charge on any atom is 0.0978 e. The maximum atomic E-state index is 5.47. The summed E-state index contributed by atoms with van der Waals surface area (Å²) in [4.78, 5) is 0. The zero-order chi connectivity index (χ0) is 7.56. The molecule has 2 N–H and O–H groups in total. The van der Waals surface area contributed by atoms with Crippen molar-refractivity contribution in [3.05, 3.63) is 11.8 Å². The minimum Gasteiger partial charge on any atom is -0.326 e. The van der Waals surface area contributed by atoms with Crippen molar-refractivity contribution in [2.75, 3.05) is 6.26 Å². The Morgan fingerprint density at radius 2 is 2.50 bits per heavy atom. The van der Waals surface area contributed by atoms with Crippen molar-refractivity contribution in [3.63, 3.8) is 0 Å². The van der Waals surface area contributed by atoms with Gasteiger partial charge in [0.15, 0.2) is 0 Å². The molecule has 0 spiro atoms. The first kappa shape index (κ1) is 7.63. The zero-order valence-corrected chi connectivity index (χ0v) is 6.98. The molecule has 0 aliphatic rings. The SMILES string of the molecule is CSc1c(CN)cnn1C. The standard InChI is InChI=1S/C6H11N3S/c1-9-6(10-2)5(3-7)4-8-9/h4H,3,7H2,1-2H3. The van der Waals surface area contributed by atoms with Gasteiger partial charge in [-0.2, -0.15) is 5.10 Å². The molecule has 0 atom stereocenters. The maximum absolute atomic E-state index is 5.47. The summed E-state index contributed by atoms with van der Waals surface area (Å²) in [5, 5.41) is 5.23. The molecule has 0 saturated heterocycles. The Labute approximate surface area is 64.6 Å². The summed E-state index contributed by atoms with van der Waals surface area (Å²) in [6.45, 7) is 0.573. The normalized spacial score (nSPS) is 10.3. The average molecular weight is 157 g/mol. The molecule has 1 rings (SSSR count). The van der Waals surface area contributed by atoms with Crippen molar-refractivity contribution >= 4 is 11.8 Å². The first-order valence-electron chi connectivity index (χ1n) is 3.04. The molecule has 0 amide bonds. The second-order valence-corrected chi connectivity index (χ2v) is 2.80. The Morgan fingerprint density at radius 1 is 1.80 bits per heavy atom. The topological polar surface area (TPSA) is 43.8 Å². The highest BCUT2D eigenvalue weighted by molar-refractivity contribution is 7.98. The Balaban J connectivity index is 3.01. The van der Waals surface area contributed by atoms with E-state index < -0.39 is 0 Å². The molecule has 56 valence electrons. The van der Waals surface area contributed by atoms with E-state index in [-0.39, 0.29) is 0 Å². The highest BCUT2D eigenvalue weighted by Crippen LogP contribution is 2.17. The Morgan fingerprint density at radius 3 is 2.90 bits per heavy atom. The van der Waals surface area contributed by atoms with E-state index in [9.17, 15) is 0 Å². The molecule has 10 heavy (non-hydrogen) atoms. The van der Waals surface area contributed by atoms with Crippen LogP contribution in [0.15, 0.2) is 11.2 Å². The summed E-state index contributed by atoms with van der Waals surface area (Å²) in [6, 6.07) is 0. The number of aromatic nitrogens is 2. The molecule has 0 unspecified atom stereocenters. The number of rotatable bonds is 2. The number of aryl methyl sites for hydroxylation is 1. The van der Waals surface area contributed by atoms with E-state index in [1.165, 1.54) is 0 Å². The predicted octanol–water partition coefficient (Wildman–Crippen LogP) is 0.601. The van der Waals surface area contributed by atoms with Crippen LogP contribution in [0.5, 0.6) is 0 Å². The van der Waals surface area contributed by atoms with Crippen LogP contribution in [0.25, 0.3) is 0 Å². The van der Waals surface area contributed by atoms with Gasteiger partial charge in [0.05, 0.1) is 11.2 Å². The fraction of sp³-hybridized carbons (Fsp3) is 0.500. The van der Waals surface area contributed by atoms with Crippen molar-refractivity contribution in [2.45, 2.75) is 11.6 Å². The molecule has 3 nitrogen and oxygen atoms in total. The summed E-state index contributed by atoms with van der Waals surface area (Å²) >= 11 is 1.67. The van der Waals surface area contributed by atoms with Crippen molar-refractivity contribution in [1.29, 1.82) is 0 Å². The predicted molar refractivity (Wildman–Crippen MR) is 42.9 cm³/mol. The molecule has 0 bridgehead atoms. The van der Waals surface area contributed by atoms with Crippen LogP contribution >= 0.6 is 11.8 Å². The van der Waals surface area contributed by atoms with Crippen molar-refractivity contribution < 1.29 is 0 Å². The first-order valence-corrected chi connectivity index (χ1v) is 4.27. The van der Waals surface area contributed by atoms with E-state index in [4.69, 9.17) is 5.73 Å². The largest absolute Gasteiger partial charge is 0.326 e. The third kappa shape index (κ3) is 1.17. The molecule has 0 aliphatic carbocycles. The molecule has 1 aromatic rings. The van der Waals surface area contributed by atoms with Gasteiger partial charge < -0.3 is 5.73 Å². The van der Waals surface area contributed by atoms with Gasteiger partial charge in [-0.3, -0.25) is 4.68 Å². The zero-order valence-electron chi connectivity index (χ0n) is 6.16. The monoisotopic (exact) mass is 157 g/mol. The van der Waals surface area contributed by atoms with Gasteiger partial charge in [0.2, 0.25) is 0 Å². The third-order valence-electron chi connectivity index (χ3n) is 1.37. The van der Waals surface area contributed by atoms with Crippen LogP contribution in [-0.2, 0) is 13.6 Å². The minimum absolute atomic E-state index is 0.573. The second kappa shape index (κ2) is 3.07. The van der Waals surface area contributed by atoms with Crippen LogP contribution < -0.4 is 5.73 Å². The lowest BCUT2D eigenvalue weighted by Crippen LogP contribution is -1.98. The lowest BCUT2D eigenvalue weighted by atomic mass is 10.4. The second-order valence-electron chi connectivity index (χ2n) is 2.01. The fourth-order valence-corrected chi connectivity index (χ4v) is 1.58. The van der Waals surface area contributed by atoms with E-state index in [0.717, 1.165) is 10.6 Å². The van der Waals surface area contributed by atoms with Crippen molar-refractivity contribution in [2.24, 2.45) is 12.8 Å². The van der Waals surface area contributed by atoms with Gasteiger partial charge in [0.1, 0.15) is 0 Å². The molecule has 0 saturated carbocycles. The van der Waals surface area contributed by atoms with Crippen LogP contribution in [0, 0.1) is 0 Å². The van der Waals surface area contributed by atoms with Gasteiger partial charge in [0.25, 0.3) is 0 Å². The molecule has 0 aliphatic heterocycles. The fourth-order valence-electron chi connectivity index (χ4n) is 0.875. The molecule has 0 aromatic carbocycles. The van der Waals surface area contributed by atoms with E-state index in [0.29, 0.717) is 6.54 Å². The van der Waals surface area contributed by atoms with E-state index in [1.807, 2.05) is 24.2 Å². The quantitative estimate of drug-likeness (QED) is 0.639. The van der Waals surface area contributed by atoms with Crippen molar-refractivity contribution in [1.82, 2.24) is 9.78 Å². The minimum atomic E-state index is 0.573. The van der Waals surface area contributed by atoms with E-state index in [1.54, 1.807) is 11.8 Å². The summed E-state index contributed by atoms with van der Waals surface area (Å²) in [5.74, 6) is 0. The first-order chi connectivity index (χ1) is 4.79. The Hall–Kier alpha value is -0.480. The lowest BCUT2D eigenvalue weighted by molar-refractivity contribution is 0.694. The van der Waals surface area contributed by atoms with E-state index in [2.05, 4.69) is 5.10 Å².